The van der Waals surface area contributed by atoms with Crippen LogP contribution in [0.25, 0.3) is 0 Å². The first kappa shape index (κ1) is 25.9. The maximum absolute atomic E-state index is 13.8. The number of anilines is 2. The van der Waals surface area contributed by atoms with Crippen molar-refractivity contribution in [2.75, 3.05) is 17.7 Å². The maximum Gasteiger partial charge on any atom is 0.255 e. The van der Waals surface area contributed by atoms with Crippen LogP contribution in [-0.4, -0.2) is 27.8 Å². The highest BCUT2D eigenvalue weighted by Crippen LogP contribution is 2.37. The van der Waals surface area contributed by atoms with Gasteiger partial charge in [-0.25, -0.2) is 4.68 Å². The highest BCUT2D eigenvalue weighted by atomic mass is 35.5. The van der Waals surface area contributed by atoms with Gasteiger partial charge in [0.25, 0.3) is 5.91 Å². The summed E-state index contributed by atoms with van der Waals surface area (Å²) >= 11 is 7.55. The van der Waals surface area contributed by atoms with Crippen LogP contribution in [0.1, 0.15) is 35.2 Å². The third kappa shape index (κ3) is 5.42. The molecule has 9 heteroatoms. The monoisotopic (exact) mass is 545 g/mol. The van der Waals surface area contributed by atoms with Gasteiger partial charge in [-0.15, -0.1) is 5.10 Å². The Morgan fingerprint density at radius 2 is 1.82 bits per heavy atom. The normalized spacial score (nSPS) is 14.6. The van der Waals surface area contributed by atoms with E-state index in [9.17, 15) is 4.79 Å². The van der Waals surface area contributed by atoms with E-state index in [0.29, 0.717) is 27.5 Å². The van der Waals surface area contributed by atoms with Crippen molar-refractivity contribution in [3.63, 3.8) is 0 Å². The third-order valence-electron chi connectivity index (χ3n) is 6.42. The number of hydrogen-bond acceptors (Lipinski definition) is 6. The van der Waals surface area contributed by atoms with E-state index in [-0.39, 0.29) is 5.91 Å². The number of benzene rings is 3. The molecule has 0 unspecified atom stereocenters. The Bertz CT molecular complexity index is 1510. The number of nitrogens with one attached hydrogen (secondary N) is 2. The number of fused-ring (bicyclic) bond motifs is 1. The van der Waals surface area contributed by atoms with E-state index in [4.69, 9.17) is 26.4 Å². The van der Waals surface area contributed by atoms with Gasteiger partial charge in [0.1, 0.15) is 11.8 Å². The van der Waals surface area contributed by atoms with E-state index >= 15 is 0 Å². The number of ether oxygens (including phenoxy) is 1. The summed E-state index contributed by atoms with van der Waals surface area (Å²) in [6.07, 6.45) is 0. The van der Waals surface area contributed by atoms with E-state index < -0.39 is 6.04 Å². The molecule has 1 aliphatic heterocycles. The smallest absolute Gasteiger partial charge is 0.255 e. The van der Waals surface area contributed by atoms with E-state index in [1.165, 1.54) is 11.8 Å². The first-order valence-electron chi connectivity index (χ1n) is 12.2. The molecular formula is C29H28ClN5O2S. The molecule has 7 nitrogen and oxygen atoms in total. The van der Waals surface area contributed by atoms with Crippen LogP contribution < -0.4 is 15.4 Å². The zero-order valence-electron chi connectivity index (χ0n) is 21.6. The molecule has 1 aliphatic rings. The summed E-state index contributed by atoms with van der Waals surface area (Å²) in [5.41, 5.74) is 6.24. The van der Waals surface area contributed by atoms with Crippen LogP contribution in [0, 0.1) is 13.8 Å². The molecule has 0 spiro atoms. The van der Waals surface area contributed by atoms with E-state index in [1.54, 1.807) is 11.8 Å². The quantitative estimate of drug-likeness (QED) is 0.249. The standard InChI is InChI=1S/C29H28ClN5O2S/c1-17-5-14-24(18(2)15-17)32-27(36)25-19(3)31-28-33-29(38-16-20-6-10-22(30)11-7-20)34-35(28)26(25)21-8-12-23(37-4)13-9-21/h5-15,26H,16H2,1-4H3,(H,32,36)(H,31,33,34)/t26-/m1/s1. The van der Waals surface area contributed by atoms with Gasteiger partial charge >= 0.3 is 0 Å². The Morgan fingerprint density at radius 3 is 2.50 bits per heavy atom. The Kier molecular flexibility index (Phi) is 7.44. The van der Waals surface area contributed by atoms with Crippen LogP contribution in [0.3, 0.4) is 0 Å². The highest BCUT2D eigenvalue weighted by molar-refractivity contribution is 7.98. The number of nitrogens with zero attached hydrogens (tertiary/aromatic N) is 3. The summed E-state index contributed by atoms with van der Waals surface area (Å²) in [4.78, 5) is 18.5. The molecule has 3 aromatic carbocycles. The molecule has 5 rings (SSSR count). The number of aryl methyl sites for hydroxylation is 2. The number of thioether (sulfide) groups is 1. The van der Waals surface area contributed by atoms with Crippen molar-refractivity contribution in [3.05, 3.63) is 105 Å². The zero-order chi connectivity index (χ0) is 26.8. The Hall–Kier alpha value is -3.75. The lowest BCUT2D eigenvalue weighted by molar-refractivity contribution is -0.113. The molecule has 0 saturated carbocycles. The van der Waals surface area contributed by atoms with Crippen LogP contribution in [0.5, 0.6) is 5.75 Å². The fraction of sp³-hybridized carbons (Fsp3) is 0.207. The summed E-state index contributed by atoms with van der Waals surface area (Å²) in [6.45, 7) is 5.92. The molecule has 1 atom stereocenters. The van der Waals surface area contributed by atoms with Crippen molar-refractivity contribution in [1.29, 1.82) is 0 Å². The molecule has 0 aliphatic carbocycles. The second-order valence-electron chi connectivity index (χ2n) is 9.19. The van der Waals surface area contributed by atoms with Crippen LogP contribution in [0.15, 0.2) is 83.2 Å². The molecule has 0 bridgehead atoms. The van der Waals surface area contributed by atoms with E-state index in [1.807, 2.05) is 81.4 Å². The average Bonchev–Trinajstić information content (AvgIpc) is 3.31. The first-order chi connectivity index (χ1) is 18.3. The molecule has 0 radical (unpaired) electrons. The molecule has 1 amide bonds. The lowest BCUT2D eigenvalue weighted by atomic mass is 9.94. The number of amides is 1. The number of methoxy groups -OCH3 is 1. The van der Waals surface area contributed by atoms with Crippen molar-refractivity contribution in [3.8, 4) is 5.75 Å². The predicted octanol–water partition coefficient (Wildman–Crippen LogP) is 6.78. The number of carbonyl (C=O) groups is 1. The van der Waals surface area contributed by atoms with Crippen molar-refractivity contribution in [2.45, 2.75) is 37.7 Å². The van der Waals surface area contributed by atoms with Crippen molar-refractivity contribution in [1.82, 2.24) is 14.8 Å². The lowest BCUT2D eigenvalue weighted by Crippen LogP contribution is -2.31. The first-order valence-corrected chi connectivity index (χ1v) is 13.5. The minimum Gasteiger partial charge on any atom is -0.497 e. The molecule has 0 fully saturated rings. The van der Waals surface area contributed by atoms with Crippen LogP contribution in [0.2, 0.25) is 5.02 Å². The molecular weight excluding hydrogens is 518 g/mol. The minimum atomic E-state index is -0.472. The second kappa shape index (κ2) is 10.9. The SMILES string of the molecule is COc1ccc([C@@H]2C(C(=O)Nc3ccc(C)cc3C)=C(C)Nc3nc(SCc4ccc(Cl)cc4)nn32)cc1. The maximum atomic E-state index is 13.8. The Balaban J connectivity index is 1.49. The number of aromatic nitrogens is 3. The van der Waals surface area contributed by atoms with Crippen molar-refractivity contribution in [2.24, 2.45) is 0 Å². The molecule has 38 heavy (non-hydrogen) atoms. The van der Waals surface area contributed by atoms with Gasteiger partial charge in [0.15, 0.2) is 0 Å². The van der Waals surface area contributed by atoms with Crippen LogP contribution >= 0.6 is 23.4 Å². The fourth-order valence-electron chi connectivity index (χ4n) is 4.45. The summed E-state index contributed by atoms with van der Waals surface area (Å²) in [6, 6.07) is 20.9. The average molecular weight is 546 g/mol. The molecule has 1 aromatic heterocycles. The van der Waals surface area contributed by atoms with Gasteiger partial charge in [-0.3, -0.25) is 4.79 Å². The number of allylic oxidation sites excluding steroid dienone is 1. The largest absolute Gasteiger partial charge is 0.497 e. The van der Waals surface area contributed by atoms with E-state index in [0.717, 1.165) is 39.4 Å². The van der Waals surface area contributed by atoms with Crippen LogP contribution in [-0.2, 0) is 10.5 Å². The Morgan fingerprint density at radius 1 is 1.08 bits per heavy atom. The predicted molar refractivity (Wildman–Crippen MR) is 153 cm³/mol. The van der Waals surface area contributed by atoms with Crippen molar-refractivity contribution >= 4 is 40.9 Å². The van der Waals surface area contributed by atoms with Gasteiger partial charge in [-0.2, -0.15) is 4.98 Å². The zero-order valence-corrected chi connectivity index (χ0v) is 23.2. The molecule has 2 heterocycles. The van der Waals surface area contributed by atoms with Gasteiger partial charge < -0.3 is 15.4 Å². The summed E-state index contributed by atoms with van der Waals surface area (Å²) in [5, 5.41) is 12.6. The lowest BCUT2D eigenvalue weighted by Gasteiger charge is -2.29. The molecule has 2 N–H and O–H groups in total. The van der Waals surface area contributed by atoms with Crippen LogP contribution in [0.4, 0.5) is 11.6 Å². The molecule has 4 aromatic rings. The number of hydrogen-bond donors (Lipinski definition) is 2. The van der Waals surface area contributed by atoms with Gasteiger partial charge in [0.05, 0.1) is 12.7 Å². The van der Waals surface area contributed by atoms with Crippen molar-refractivity contribution < 1.29 is 9.53 Å². The summed E-state index contributed by atoms with van der Waals surface area (Å²) < 4.78 is 7.15. The summed E-state index contributed by atoms with van der Waals surface area (Å²) in [7, 11) is 1.63. The number of carbonyl (C=O) groups excluding carboxylic acids is 1. The minimum absolute atomic E-state index is 0.195. The number of halogens is 1. The molecule has 0 saturated heterocycles. The third-order valence-corrected chi connectivity index (χ3v) is 7.58. The summed E-state index contributed by atoms with van der Waals surface area (Å²) in [5.74, 6) is 1.83. The van der Waals surface area contributed by atoms with Gasteiger partial charge in [-0.05, 0) is 67.8 Å². The fourth-order valence-corrected chi connectivity index (χ4v) is 5.36. The number of rotatable bonds is 7. The topological polar surface area (TPSA) is 81.1 Å². The van der Waals surface area contributed by atoms with Gasteiger partial charge in [0.2, 0.25) is 11.1 Å². The second-order valence-corrected chi connectivity index (χ2v) is 10.6. The highest BCUT2D eigenvalue weighted by Gasteiger charge is 2.34. The van der Waals surface area contributed by atoms with E-state index in [2.05, 4.69) is 16.7 Å². The Labute approximate surface area is 231 Å². The van der Waals surface area contributed by atoms with Gasteiger partial charge in [-0.1, -0.05) is 65.3 Å². The molecule has 194 valence electrons. The van der Waals surface area contributed by atoms with Gasteiger partial charge in [0, 0.05) is 22.2 Å².